The second kappa shape index (κ2) is 9.78. The van der Waals surface area contributed by atoms with Gasteiger partial charge < -0.3 is 26.0 Å². The summed E-state index contributed by atoms with van der Waals surface area (Å²) in [6.45, 7) is 1.09. The molecule has 13 heteroatoms. The third kappa shape index (κ3) is 5.36. The van der Waals surface area contributed by atoms with Crippen LogP contribution in [0.1, 0.15) is 44.9 Å². The molecular formula is C21H31N5O6S2. The summed E-state index contributed by atoms with van der Waals surface area (Å²) in [5.41, 5.74) is 4.25. The average molecular weight is 514 g/mol. The highest BCUT2D eigenvalue weighted by Crippen LogP contribution is 2.45. The van der Waals surface area contributed by atoms with Gasteiger partial charge in [-0.3, -0.25) is 19.1 Å². The van der Waals surface area contributed by atoms with E-state index in [0.29, 0.717) is 58.3 Å². The number of rotatable bonds is 4. The maximum absolute atomic E-state index is 13.3. The topological polar surface area (TPSA) is 160 Å². The number of hydrogen-bond donors (Lipinski definition) is 4. The first kappa shape index (κ1) is 24.9. The molecule has 3 fully saturated rings. The van der Waals surface area contributed by atoms with Crippen LogP contribution in [0, 0.1) is 5.92 Å². The Bertz CT molecular complexity index is 998. The highest BCUT2D eigenvalue weighted by molar-refractivity contribution is 7.91. The van der Waals surface area contributed by atoms with Gasteiger partial charge in [-0.2, -0.15) is 0 Å². The number of ether oxygens (including phenoxy) is 1. The zero-order valence-corrected chi connectivity index (χ0v) is 20.5. The van der Waals surface area contributed by atoms with E-state index < -0.39 is 44.7 Å². The quantitative estimate of drug-likeness (QED) is 0.274. The molecule has 3 amide bonds. The second-order valence-electron chi connectivity index (χ2n) is 9.34. The van der Waals surface area contributed by atoms with Crippen molar-refractivity contribution >= 4 is 45.1 Å². The molecule has 4 atom stereocenters. The molecule has 2 heterocycles. The third-order valence-corrected chi connectivity index (χ3v) is 8.72. The number of carbonyl (C=O) groups excluding carboxylic acids is 3. The lowest BCUT2D eigenvalue weighted by atomic mass is 10.1. The summed E-state index contributed by atoms with van der Waals surface area (Å²) in [6, 6.07) is -1.45. The summed E-state index contributed by atoms with van der Waals surface area (Å²) in [5.74, 6) is -1.87. The molecule has 0 spiro atoms. The Kier molecular flexibility index (Phi) is 7.15. The molecule has 0 aromatic carbocycles. The van der Waals surface area contributed by atoms with Gasteiger partial charge in [0.2, 0.25) is 21.8 Å². The fourth-order valence-corrected chi connectivity index (χ4v) is 6.17. The second-order valence-corrected chi connectivity index (χ2v) is 11.7. The summed E-state index contributed by atoms with van der Waals surface area (Å²) in [7, 11) is -3.77. The highest BCUT2D eigenvalue weighted by Gasteiger charge is 2.61. The highest BCUT2D eigenvalue weighted by atomic mass is 32.2. The van der Waals surface area contributed by atoms with Crippen LogP contribution in [0.4, 0.5) is 0 Å². The summed E-state index contributed by atoms with van der Waals surface area (Å²) < 4.78 is 32.5. The predicted octanol–water partition coefficient (Wildman–Crippen LogP) is -0.971. The third-order valence-electron chi connectivity index (χ3n) is 6.78. The van der Waals surface area contributed by atoms with E-state index in [4.69, 9.17) is 22.7 Å². The Morgan fingerprint density at radius 1 is 1.24 bits per heavy atom. The Hall–Kier alpha value is -2.25. The molecule has 2 aliphatic carbocycles. The van der Waals surface area contributed by atoms with Crippen LogP contribution >= 0.6 is 12.2 Å². The molecule has 11 nitrogen and oxygen atoms in total. The van der Waals surface area contributed by atoms with Gasteiger partial charge in [0.15, 0.2) is 5.11 Å². The first-order valence-electron chi connectivity index (χ1n) is 11.6. The van der Waals surface area contributed by atoms with E-state index in [1.54, 1.807) is 12.2 Å². The normalized spacial score (nSPS) is 32.5. The maximum Gasteiger partial charge on any atom is 0.259 e. The average Bonchev–Trinajstić information content (AvgIpc) is 3.68. The number of thiocarbonyl (C=S) groups is 1. The molecule has 0 bridgehead atoms. The molecule has 4 aliphatic rings. The fraction of sp³-hybridized carbons (Fsp3) is 0.714. The number of carbonyl (C=O) groups is 3. The summed E-state index contributed by atoms with van der Waals surface area (Å²) in [6.07, 6.45) is 6.93. The molecular weight excluding hydrogens is 482 g/mol. The minimum atomic E-state index is -3.77. The van der Waals surface area contributed by atoms with Gasteiger partial charge >= 0.3 is 0 Å². The van der Waals surface area contributed by atoms with E-state index in [1.165, 1.54) is 4.90 Å². The van der Waals surface area contributed by atoms with Crippen molar-refractivity contribution in [2.75, 3.05) is 19.8 Å². The smallest absolute Gasteiger partial charge is 0.259 e. The van der Waals surface area contributed by atoms with Crippen molar-refractivity contribution < 1.29 is 27.5 Å². The fourth-order valence-electron chi connectivity index (χ4n) is 4.66. The van der Waals surface area contributed by atoms with E-state index in [0.717, 1.165) is 0 Å². The predicted molar refractivity (Wildman–Crippen MR) is 127 cm³/mol. The first-order chi connectivity index (χ1) is 16.1. The summed E-state index contributed by atoms with van der Waals surface area (Å²) in [5, 5.41) is 5.05. The molecule has 0 radical (unpaired) electrons. The maximum atomic E-state index is 13.3. The minimum Gasteiger partial charge on any atom is -0.377 e. The number of nitrogens with one attached hydrogen (secondary N) is 3. The summed E-state index contributed by atoms with van der Waals surface area (Å²) in [4.78, 5) is 41.2. The van der Waals surface area contributed by atoms with E-state index in [1.807, 2.05) is 0 Å². The van der Waals surface area contributed by atoms with Gasteiger partial charge in [0.1, 0.15) is 17.6 Å². The van der Waals surface area contributed by atoms with Crippen LogP contribution in [0.2, 0.25) is 0 Å². The lowest BCUT2D eigenvalue weighted by Gasteiger charge is -2.30. The van der Waals surface area contributed by atoms with Crippen LogP contribution < -0.4 is 21.1 Å². The van der Waals surface area contributed by atoms with E-state index in [-0.39, 0.29) is 23.4 Å². The molecule has 0 aromatic heterocycles. The Balaban J connectivity index is 1.56. The zero-order valence-electron chi connectivity index (χ0n) is 18.8. The Morgan fingerprint density at radius 3 is 2.71 bits per heavy atom. The van der Waals surface area contributed by atoms with Crippen LogP contribution in [0.25, 0.3) is 0 Å². The number of nitrogens with two attached hydrogens (primary N) is 1. The number of amides is 3. The van der Waals surface area contributed by atoms with Crippen LogP contribution in [0.15, 0.2) is 12.2 Å². The number of sulfonamides is 1. The number of hydrogen-bond acceptors (Lipinski definition) is 7. The molecule has 4 rings (SSSR count). The Labute approximate surface area is 204 Å². The standard InChI is InChI=1S/C21H31N5O6S2/c22-20(33)23-15-5-3-11-32-10-2-4-13-12-21(13,19(29)25-34(30,31)14-7-8-14)24-17(27)16-6-1-9-26(16)18(15)28/h2,4,13-16H,1,3,5-12H2,(H,24,27)(H,25,29)(H3,22,23,33). The summed E-state index contributed by atoms with van der Waals surface area (Å²) >= 11 is 4.93. The van der Waals surface area contributed by atoms with Gasteiger partial charge in [0.25, 0.3) is 5.91 Å². The lowest BCUT2D eigenvalue weighted by Crippen LogP contribution is -2.58. The van der Waals surface area contributed by atoms with Crippen molar-refractivity contribution in [2.45, 2.75) is 67.8 Å². The zero-order chi connectivity index (χ0) is 24.5. The van der Waals surface area contributed by atoms with Crippen LogP contribution in [-0.2, 0) is 29.1 Å². The molecule has 2 saturated carbocycles. The van der Waals surface area contributed by atoms with E-state index >= 15 is 0 Å². The molecule has 2 aliphatic heterocycles. The van der Waals surface area contributed by atoms with Crippen molar-refractivity contribution in [1.29, 1.82) is 0 Å². The molecule has 5 N–H and O–H groups in total. The van der Waals surface area contributed by atoms with Crippen LogP contribution in [-0.4, -0.2) is 78.8 Å². The number of fused-ring (bicyclic) bond motifs is 2. The van der Waals surface area contributed by atoms with Gasteiger partial charge in [-0.25, -0.2) is 8.42 Å². The van der Waals surface area contributed by atoms with Gasteiger partial charge in [0.05, 0.1) is 11.9 Å². The number of nitrogens with zero attached hydrogens (tertiary/aromatic N) is 1. The molecule has 34 heavy (non-hydrogen) atoms. The van der Waals surface area contributed by atoms with Crippen molar-refractivity contribution in [1.82, 2.24) is 20.3 Å². The van der Waals surface area contributed by atoms with Gasteiger partial charge in [-0.1, -0.05) is 12.2 Å². The molecule has 0 aromatic rings. The lowest BCUT2D eigenvalue weighted by molar-refractivity contribution is -0.141. The van der Waals surface area contributed by atoms with E-state index in [9.17, 15) is 22.8 Å². The Morgan fingerprint density at radius 2 is 2.00 bits per heavy atom. The SMILES string of the molecule is NC(=S)NC1CCCOCC=CC2CC2(C(=O)NS(=O)(=O)C2CC2)NC(=O)C2CCCN2C1=O. The molecule has 4 unspecified atom stereocenters. The van der Waals surface area contributed by atoms with Crippen LogP contribution in [0.3, 0.4) is 0 Å². The first-order valence-corrected chi connectivity index (χ1v) is 13.6. The van der Waals surface area contributed by atoms with E-state index in [2.05, 4.69) is 15.4 Å². The van der Waals surface area contributed by atoms with Crippen molar-refractivity contribution in [2.24, 2.45) is 11.7 Å². The van der Waals surface area contributed by atoms with Gasteiger partial charge in [-0.15, -0.1) is 0 Å². The van der Waals surface area contributed by atoms with Crippen molar-refractivity contribution in [3.8, 4) is 0 Å². The largest absolute Gasteiger partial charge is 0.377 e. The van der Waals surface area contributed by atoms with Crippen LogP contribution in [0.5, 0.6) is 0 Å². The van der Waals surface area contributed by atoms with Crippen molar-refractivity contribution in [3.05, 3.63) is 12.2 Å². The molecule has 1 saturated heterocycles. The van der Waals surface area contributed by atoms with Crippen molar-refractivity contribution in [3.63, 3.8) is 0 Å². The van der Waals surface area contributed by atoms with Gasteiger partial charge in [-0.05, 0) is 57.2 Å². The monoisotopic (exact) mass is 513 g/mol. The van der Waals surface area contributed by atoms with Gasteiger partial charge in [0, 0.05) is 19.1 Å². The minimum absolute atomic E-state index is 0.00589. The molecule has 188 valence electrons.